The minimum atomic E-state index is -0.477. The van der Waals surface area contributed by atoms with Crippen LogP contribution in [0.4, 0.5) is 4.79 Å². The Morgan fingerprint density at radius 1 is 1.12 bits per heavy atom. The van der Waals surface area contributed by atoms with E-state index < -0.39 is 5.60 Å². The van der Waals surface area contributed by atoms with Crippen molar-refractivity contribution in [1.29, 1.82) is 0 Å². The Hall–Kier alpha value is -2.04. The summed E-state index contributed by atoms with van der Waals surface area (Å²) < 4.78 is 10.7. The summed E-state index contributed by atoms with van der Waals surface area (Å²) in [5.41, 5.74) is 0.514. The van der Waals surface area contributed by atoms with E-state index in [-0.39, 0.29) is 18.0 Å². The molecule has 1 aromatic carbocycles. The number of hydrogen-bond donors (Lipinski definition) is 0. The highest BCUT2D eigenvalue weighted by Gasteiger charge is 2.28. The van der Waals surface area contributed by atoms with Crippen LogP contribution in [0.2, 0.25) is 0 Å². The van der Waals surface area contributed by atoms with Gasteiger partial charge in [-0.2, -0.15) is 0 Å². The molecule has 1 saturated heterocycles. The second-order valence-corrected chi connectivity index (χ2v) is 7.26. The lowest BCUT2D eigenvalue weighted by molar-refractivity contribution is -0.146. The minimum absolute atomic E-state index is 0.172. The van der Waals surface area contributed by atoms with Gasteiger partial charge >= 0.3 is 12.1 Å². The van der Waals surface area contributed by atoms with E-state index in [9.17, 15) is 9.59 Å². The number of rotatable bonds is 4. The summed E-state index contributed by atoms with van der Waals surface area (Å²) in [7, 11) is 0. The maximum Gasteiger partial charge on any atom is 0.410 e. The van der Waals surface area contributed by atoms with Crippen LogP contribution in [0.1, 0.15) is 45.6 Å². The number of benzene rings is 1. The Balaban J connectivity index is 1.69. The third-order valence-electron chi connectivity index (χ3n) is 3.96. The fraction of sp³-hybridized carbons (Fsp3) is 0.579. The van der Waals surface area contributed by atoms with E-state index in [1.54, 1.807) is 4.90 Å². The molecule has 1 aromatic rings. The number of amides is 1. The Kier molecular flexibility index (Phi) is 6.23. The summed E-state index contributed by atoms with van der Waals surface area (Å²) in [4.78, 5) is 25.7. The molecule has 0 bridgehead atoms. The standard InChI is InChI=1S/C19H27NO4/c1-19(2,3)24-18(22)20-11-9-15(10-12-20)13-17(21)23-14-16-7-5-4-6-8-16/h4-8,15H,9-14H2,1-3H3. The molecule has 1 amide bonds. The molecule has 1 fully saturated rings. The van der Waals surface area contributed by atoms with Crippen LogP contribution in [-0.2, 0) is 20.9 Å². The smallest absolute Gasteiger partial charge is 0.410 e. The summed E-state index contributed by atoms with van der Waals surface area (Å²) in [5.74, 6) is 0.0986. The molecule has 5 nitrogen and oxygen atoms in total. The zero-order chi connectivity index (χ0) is 17.6. The van der Waals surface area contributed by atoms with Crippen LogP contribution in [0.15, 0.2) is 30.3 Å². The van der Waals surface area contributed by atoms with E-state index in [2.05, 4.69) is 0 Å². The predicted molar refractivity (Wildman–Crippen MR) is 91.4 cm³/mol. The zero-order valence-corrected chi connectivity index (χ0v) is 14.8. The van der Waals surface area contributed by atoms with Crippen molar-refractivity contribution in [2.24, 2.45) is 5.92 Å². The maximum atomic E-state index is 12.0. The maximum absolute atomic E-state index is 12.0. The molecule has 0 spiro atoms. The Morgan fingerprint density at radius 3 is 2.33 bits per heavy atom. The number of ether oxygens (including phenoxy) is 2. The van der Waals surface area contributed by atoms with Crippen molar-refractivity contribution in [3.05, 3.63) is 35.9 Å². The van der Waals surface area contributed by atoms with Crippen molar-refractivity contribution >= 4 is 12.1 Å². The van der Waals surface area contributed by atoms with E-state index in [0.717, 1.165) is 18.4 Å². The highest BCUT2D eigenvalue weighted by Crippen LogP contribution is 2.22. The Bertz CT molecular complexity index is 542. The normalized spacial score (nSPS) is 15.9. The fourth-order valence-electron chi connectivity index (χ4n) is 2.68. The van der Waals surface area contributed by atoms with Crippen LogP contribution in [0.5, 0.6) is 0 Å². The second kappa shape index (κ2) is 8.18. The van der Waals surface area contributed by atoms with Crippen LogP contribution in [0.3, 0.4) is 0 Å². The molecule has 2 rings (SSSR count). The van der Waals surface area contributed by atoms with Crippen molar-refractivity contribution in [2.75, 3.05) is 13.1 Å². The summed E-state index contributed by atoms with van der Waals surface area (Å²) in [6.45, 7) is 7.16. The lowest BCUT2D eigenvalue weighted by Crippen LogP contribution is -2.42. The summed E-state index contributed by atoms with van der Waals surface area (Å²) >= 11 is 0. The van der Waals surface area contributed by atoms with Gasteiger partial charge in [-0.05, 0) is 45.1 Å². The van der Waals surface area contributed by atoms with E-state index in [1.807, 2.05) is 51.1 Å². The van der Waals surface area contributed by atoms with Crippen molar-refractivity contribution in [1.82, 2.24) is 4.90 Å². The molecule has 5 heteroatoms. The lowest BCUT2D eigenvalue weighted by Gasteiger charge is -2.33. The number of piperidine rings is 1. The molecule has 0 radical (unpaired) electrons. The van der Waals surface area contributed by atoms with Gasteiger partial charge in [0.15, 0.2) is 0 Å². The first kappa shape index (κ1) is 18.3. The summed E-state index contributed by atoms with van der Waals surface area (Å²) in [5, 5.41) is 0. The number of likely N-dealkylation sites (tertiary alicyclic amines) is 1. The predicted octanol–water partition coefficient (Wildman–Crippen LogP) is 3.77. The molecule has 1 aliphatic rings. The quantitative estimate of drug-likeness (QED) is 0.787. The average Bonchev–Trinajstić information content (AvgIpc) is 2.53. The molecule has 132 valence electrons. The molecule has 0 N–H and O–H groups in total. The third kappa shape index (κ3) is 6.22. The number of hydrogen-bond acceptors (Lipinski definition) is 4. The number of nitrogens with zero attached hydrogens (tertiary/aromatic N) is 1. The molecule has 0 aromatic heterocycles. The molecule has 24 heavy (non-hydrogen) atoms. The van der Waals surface area contributed by atoms with Gasteiger partial charge in [0.05, 0.1) is 0 Å². The van der Waals surface area contributed by atoms with Crippen molar-refractivity contribution < 1.29 is 19.1 Å². The summed E-state index contributed by atoms with van der Waals surface area (Å²) in [6.07, 6.45) is 1.75. The molecule has 0 atom stereocenters. The van der Waals surface area contributed by atoms with E-state index >= 15 is 0 Å². The lowest BCUT2D eigenvalue weighted by atomic mass is 9.94. The largest absolute Gasteiger partial charge is 0.461 e. The van der Waals surface area contributed by atoms with Crippen LogP contribution in [-0.4, -0.2) is 35.7 Å². The average molecular weight is 333 g/mol. The highest BCUT2D eigenvalue weighted by atomic mass is 16.6. The van der Waals surface area contributed by atoms with Gasteiger partial charge in [0, 0.05) is 19.5 Å². The van der Waals surface area contributed by atoms with Gasteiger partial charge < -0.3 is 14.4 Å². The molecule has 0 saturated carbocycles. The van der Waals surface area contributed by atoms with E-state index in [0.29, 0.717) is 26.1 Å². The van der Waals surface area contributed by atoms with Crippen molar-refractivity contribution in [3.63, 3.8) is 0 Å². The van der Waals surface area contributed by atoms with Gasteiger partial charge in [-0.25, -0.2) is 4.79 Å². The molecule has 0 aliphatic carbocycles. The van der Waals surface area contributed by atoms with Crippen LogP contribution >= 0.6 is 0 Å². The molecule has 1 heterocycles. The molecular formula is C19H27NO4. The number of carbonyl (C=O) groups excluding carboxylic acids is 2. The first-order valence-corrected chi connectivity index (χ1v) is 8.51. The molecular weight excluding hydrogens is 306 g/mol. The van der Waals surface area contributed by atoms with Crippen LogP contribution in [0, 0.1) is 5.92 Å². The van der Waals surface area contributed by atoms with E-state index in [1.165, 1.54) is 0 Å². The van der Waals surface area contributed by atoms with Gasteiger partial charge in [0.2, 0.25) is 0 Å². The molecule has 0 unspecified atom stereocenters. The third-order valence-corrected chi connectivity index (χ3v) is 3.96. The first-order valence-electron chi connectivity index (χ1n) is 8.51. The summed E-state index contributed by atoms with van der Waals surface area (Å²) in [6, 6.07) is 9.66. The van der Waals surface area contributed by atoms with Gasteiger partial charge in [-0.1, -0.05) is 30.3 Å². The molecule has 1 aliphatic heterocycles. The van der Waals surface area contributed by atoms with Gasteiger partial charge in [-0.3, -0.25) is 4.79 Å². The second-order valence-electron chi connectivity index (χ2n) is 7.26. The van der Waals surface area contributed by atoms with Gasteiger partial charge in [0.1, 0.15) is 12.2 Å². The van der Waals surface area contributed by atoms with Crippen molar-refractivity contribution in [3.8, 4) is 0 Å². The monoisotopic (exact) mass is 333 g/mol. The fourth-order valence-corrected chi connectivity index (χ4v) is 2.68. The van der Waals surface area contributed by atoms with Crippen molar-refractivity contribution in [2.45, 2.75) is 52.2 Å². The topological polar surface area (TPSA) is 55.8 Å². The SMILES string of the molecule is CC(C)(C)OC(=O)N1CCC(CC(=O)OCc2ccccc2)CC1. The minimum Gasteiger partial charge on any atom is -0.461 e. The Labute approximate surface area is 143 Å². The highest BCUT2D eigenvalue weighted by molar-refractivity contribution is 5.70. The zero-order valence-electron chi connectivity index (χ0n) is 14.8. The van der Waals surface area contributed by atoms with Gasteiger partial charge in [-0.15, -0.1) is 0 Å². The van der Waals surface area contributed by atoms with Crippen LogP contribution < -0.4 is 0 Å². The van der Waals surface area contributed by atoms with E-state index in [4.69, 9.17) is 9.47 Å². The van der Waals surface area contributed by atoms with Crippen LogP contribution in [0.25, 0.3) is 0 Å². The number of carbonyl (C=O) groups is 2. The van der Waals surface area contributed by atoms with Gasteiger partial charge in [0.25, 0.3) is 0 Å². The number of esters is 1. The first-order chi connectivity index (χ1) is 11.3. The Morgan fingerprint density at radius 2 is 1.75 bits per heavy atom.